The van der Waals surface area contributed by atoms with Gasteiger partial charge in [0, 0.05) is 11.6 Å². The molecule has 0 fully saturated rings. The van der Waals surface area contributed by atoms with Crippen LogP contribution < -0.4 is 0 Å². The standard InChI is InChI=1S/C12H12F2N4O2/c1-12(2,11(19)20)6-18-10(15-16-17-18)7-3-8(13)5-9(14)4-7/h3-5H,6H2,1-2H3,(H,19,20). The summed E-state index contributed by atoms with van der Waals surface area (Å²) in [5.74, 6) is -2.43. The summed E-state index contributed by atoms with van der Waals surface area (Å²) in [5, 5.41) is 19.9. The number of aromatic nitrogens is 4. The number of hydrogen-bond donors (Lipinski definition) is 1. The molecule has 1 aromatic heterocycles. The molecule has 0 aliphatic carbocycles. The lowest BCUT2D eigenvalue weighted by molar-refractivity contribution is -0.147. The van der Waals surface area contributed by atoms with Crippen LogP contribution in [0.4, 0.5) is 8.78 Å². The van der Waals surface area contributed by atoms with Gasteiger partial charge in [-0.15, -0.1) is 5.10 Å². The zero-order valence-corrected chi connectivity index (χ0v) is 10.8. The summed E-state index contributed by atoms with van der Waals surface area (Å²) in [6, 6.07) is 2.90. The molecule has 0 atom stereocenters. The molecule has 0 spiro atoms. The van der Waals surface area contributed by atoms with E-state index >= 15 is 0 Å². The first-order chi connectivity index (χ1) is 9.29. The van der Waals surface area contributed by atoms with Crippen molar-refractivity contribution in [2.75, 3.05) is 0 Å². The van der Waals surface area contributed by atoms with Gasteiger partial charge in [0.25, 0.3) is 0 Å². The van der Waals surface area contributed by atoms with E-state index in [4.69, 9.17) is 5.11 Å². The van der Waals surface area contributed by atoms with Crippen LogP contribution in [0, 0.1) is 17.0 Å². The van der Waals surface area contributed by atoms with Gasteiger partial charge in [-0.2, -0.15) is 0 Å². The summed E-state index contributed by atoms with van der Waals surface area (Å²) in [7, 11) is 0. The highest BCUT2D eigenvalue weighted by atomic mass is 19.1. The van der Waals surface area contributed by atoms with Crippen molar-refractivity contribution >= 4 is 5.97 Å². The van der Waals surface area contributed by atoms with Crippen molar-refractivity contribution in [3.8, 4) is 11.4 Å². The molecule has 0 saturated carbocycles. The molecular weight excluding hydrogens is 270 g/mol. The number of carboxylic acid groups (broad SMARTS) is 1. The molecule has 1 aromatic carbocycles. The molecule has 2 aromatic rings. The Morgan fingerprint density at radius 3 is 2.45 bits per heavy atom. The van der Waals surface area contributed by atoms with Crippen molar-refractivity contribution in [3.63, 3.8) is 0 Å². The maximum Gasteiger partial charge on any atom is 0.310 e. The molecular formula is C12H12F2N4O2. The molecule has 0 aliphatic rings. The summed E-state index contributed by atoms with van der Waals surface area (Å²) < 4.78 is 27.6. The fourth-order valence-electron chi connectivity index (χ4n) is 1.64. The van der Waals surface area contributed by atoms with E-state index < -0.39 is 23.0 Å². The Morgan fingerprint density at radius 1 is 1.30 bits per heavy atom. The largest absolute Gasteiger partial charge is 0.481 e. The third-order valence-electron chi connectivity index (χ3n) is 2.78. The fraction of sp³-hybridized carbons (Fsp3) is 0.333. The van der Waals surface area contributed by atoms with Crippen molar-refractivity contribution in [2.45, 2.75) is 20.4 Å². The van der Waals surface area contributed by atoms with Gasteiger partial charge in [-0.05, 0) is 36.4 Å². The zero-order chi connectivity index (χ0) is 14.9. The van der Waals surface area contributed by atoms with Gasteiger partial charge in [0.1, 0.15) is 11.6 Å². The molecule has 20 heavy (non-hydrogen) atoms. The van der Waals surface area contributed by atoms with Crippen LogP contribution in [0.15, 0.2) is 18.2 Å². The number of carbonyl (C=O) groups is 1. The van der Waals surface area contributed by atoms with Gasteiger partial charge < -0.3 is 5.11 Å². The zero-order valence-electron chi connectivity index (χ0n) is 10.8. The SMILES string of the molecule is CC(C)(Cn1nnnc1-c1cc(F)cc(F)c1)C(=O)O. The molecule has 1 heterocycles. The first kappa shape index (κ1) is 14.0. The molecule has 0 aliphatic heterocycles. The average Bonchev–Trinajstić information content (AvgIpc) is 2.74. The summed E-state index contributed by atoms with van der Waals surface area (Å²) in [4.78, 5) is 11.1. The summed E-state index contributed by atoms with van der Waals surface area (Å²) in [5.41, 5.74) is -0.968. The predicted molar refractivity (Wildman–Crippen MR) is 64.6 cm³/mol. The predicted octanol–water partition coefficient (Wildman–Crippen LogP) is 1.73. The molecule has 0 saturated heterocycles. The second-order valence-electron chi connectivity index (χ2n) is 5.01. The van der Waals surface area contributed by atoms with Gasteiger partial charge >= 0.3 is 5.97 Å². The highest BCUT2D eigenvalue weighted by Crippen LogP contribution is 2.23. The molecule has 0 unspecified atom stereocenters. The first-order valence-corrected chi connectivity index (χ1v) is 5.75. The minimum absolute atomic E-state index is 0.0250. The van der Waals surface area contributed by atoms with E-state index in [9.17, 15) is 13.6 Å². The van der Waals surface area contributed by atoms with Crippen LogP contribution in [-0.2, 0) is 11.3 Å². The Morgan fingerprint density at radius 2 is 1.90 bits per heavy atom. The number of carboxylic acids is 1. The second-order valence-corrected chi connectivity index (χ2v) is 5.01. The number of nitrogens with zero attached hydrogens (tertiary/aromatic N) is 4. The Labute approximate surface area is 113 Å². The Hall–Kier alpha value is -2.38. The van der Waals surface area contributed by atoms with Gasteiger partial charge in [0.2, 0.25) is 0 Å². The van der Waals surface area contributed by atoms with Crippen LogP contribution in [0.3, 0.4) is 0 Å². The Balaban J connectivity index is 2.40. The smallest absolute Gasteiger partial charge is 0.310 e. The molecule has 1 N–H and O–H groups in total. The van der Waals surface area contributed by atoms with Crippen molar-refractivity contribution in [1.29, 1.82) is 0 Å². The molecule has 0 bridgehead atoms. The number of tetrazole rings is 1. The maximum atomic E-state index is 13.2. The van der Waals surface area contributed by atoms with Crippen molar-refractivity contribution in [3.05, 3.63) is 29.8 Å². The topological polar surface area (TPSA) is 80.9 Å². The van der Waals surface area contributed by atoms with Crippen molar-refractivity contribution < 1.29 is 18.7 Å². The minimum Gasteiger partial charge on any atom is -0.481 e. The van der Waals surface area contributed by atoms with E-state index in [1.54, 1.807) is 0 Å². The van der Waals surface area contributed by atoms with Crippen LogP contribution in [0.25, 0.3) is 11.4 Å². The fourth-order valence-corrected chi connectivity index (χ4v) is 1.64. The van der Waals surface area contributed by atoms with Crippen LogP contribution in [0.2, 0.25) is 0 Å². The van der Waals surface area contributed by atoms with Crippen LogP contribution >= 0.6 is 0 Å². The van der Waals surface area contributed by atoms with Crippen LogP contribution in [0.5, 0.6) is 0 Å². The average molecular weight is 282 g/mol. The lowest BCUT2D eigenvalue weighted by Crippen LogP contribution is -2.30. The molecule has 0 amide bonds. The van der Waals surface area contributed by atoms with Gasteiger partial charge in [0.15, 0.2) is 5.82 Å². The van der Waals surface area contributed by atoms with Gasteiger partial charge in [-0.25, -0.2) is 13.5 Å². The van der Waals surface area contributed by atoms with Gasteiger partial charge in [-0.3, -0.25) is 4.79 Å². The number of aliphatic carboxylic acids is 1. The molecule has 2 rings (SSSR count). The Kier molecular flexibility index (Phi) is 3.47. The van der Waals surface area contributed by atoms with E-state index in [0.29, 0.717) is 0 Å². The Bertz CT molecular complexity index is 634. The second kappa shape index (κ2) is 4.95. The number of benzene rings is 1. The van der Waals surface area contributed by atoms with Gasteiger partial charge in [-0.1, -0.05) is 0 Å². The lowest BCUT2D eigenvalue weighted by atomic mass is 9.94. The van der Waals surface area contributed by atoms with E-state index in [1.807, 2.05) is 0 Å². The van der Waals surface area contributed by atoms with Gasteiger partial charge in [0.05, 0.1) is 12.0 Å². The molecule has 0 radical (unpaired) electrons. The monoisotopic (exact) mass is 282 g/mol. The highest BCUT2D eigenvalue weighted by molar-refractivity contribution is 5.73. The summed E-state index contributed by atoms with van der Waals surface area (Å²) in [6.45, 7) is 2.99. The van der Waals surface area contributed by atoms with E-state index in [1.165, 1.54) is 18.5 Å². The number of hydrogen-bond acceptors (Lipinski definition) is 4. The normalized spacial score (nSPS) is 11.6. The number of halogens is 2. The molecule has 106 valence electrons. The van der Waals surface area contributed by atoms with E-state index in [2.05, 4.69) is 15.5 Å². The van der Waals surface area contributed by atoms with Crippen LogP contribution in [-0.4, -0.2) is 31.3 Å². The number of rotatable bonds is 4. The quantitative estimate of drug-likeness (QED) is 0.923. The third-order valence-corrected chi connectivity index (χ3v) is 2.78. The summed E-state index contributed by atoms with van der Waals surface area (Å²) in [6.07, 6.45) is 0. The van der Waals surface area contributed by atoms with Crippen molar-refractivity contribution in [1.82, 2.24) is 20.2 Å². The minimum atomic E-state index is -1.12. The molecule has 6 nitrogen and oxygen atoms in total. The maximum absolute atomic E-state index is 13.2. The van der Waals surface area contributed by atoms with E-state index in [-0.39, 0.29) is 17.9 Å². The lowest BCUT2D eigenvalue weighted by Gasteiger charge is -2.19. The third kappa shape index (κ3) is 2.79. The molecule has 8 heteroatoms. The highest BCUT2D eigenvalue weighted by Gasteiger charge is 2.29. The van der Waals surface area contributed by atoms with Crippen molar-refractivity contribution in [2.24, 2.45) is 5.41 Å². The first-order valence-electron chi connectivity index (χ1n) is 5.75. The van der Waals surface area contributed by atoms with Crippen LogP contribution in [0.1, 0.15) is 13.8 Å². The summed E-state index contributed by atoms with van der Waals surface area (Å²) >= 11 is 0. The van der Waals surface area contributed by atoms with E-state index in [0.717, 1.165) is 18.2 Å².